The normalized spacial score (nSPS) is 19.5. The second-order valence-electron chi connectivity index (χ2n) is 7.56. The number of ether oxygens (including phenoxy) is 4. The van der Waals surface area contributed by atoms with Crippen molar-refractivity contribution in [3.63, 3.8) is 0 Å². The molecule has 2 aliphatic rings. The van der Waals surface area contributed by atoms with Crippen molar-refractivity contribution in [3.05, 3.63) is 28.7 Å². The zero-order chi connectivity index (χ0) is 23.1. The quantitative estimate of drug-likeness (QED) is 0.438. The molecule has 0 aliphatic carbocycles. The number of amides is 1. The molecule has 1 amide bonds. The summed E-state index contributed by atoms with van der Waals surface area (Å²) in [4.78, 5) is 40.2. The molecule has 0 aromatic carbocycles. The molecule has 1 aromatic rings. The Bertz CT molecular complexity index is 848. The van der Waals surface area contributed by atoms with Gasteiger partial charge in [0.2, 0.25) is 5.91 Å². The lowest BCUT2D eigenvalue weighted by Crippen LogP contribution is -2.50. The van der Waals surface area contributed by atoms with Gasteiger partial charge in [-0.3, -0.25) is 9.69 Å². The highest BCUT2D eigenvalue weighted by molar-refractivity contribution is 7.18. The van der Waals surface area contributed by atoms with Crippen molar-refractivity contribution < 1.29 is 33.3 Å². The first-order valence-corrected chi connectivity index (χ1v) is 11.6. The second-order valence-corrected chi connectivity index (χ2v) is 8.58. The zero-order valence-corrected chi connectivity index (χ0v) is 19.3. The molecule has 32 heavy (non-hydrogen) atoms. The van der Waals surface area contributed by atoms with Gasteiger partial charge < -0.3 is 24.3 Å². The van der Waals surface area contributed by atoms with Crippen LogP contribution in [0.3, 0.4) is 0 Å². The summed E-state index contributed by atoms with van der Waals surface area (Å²) in [6.07, 6.45) is 4.07. The van der Waals surface area contributed by atoms with E-state index in [2.05, 4.69) is 16.8 Å². The van der Waals surface area contributed by atoms with Crippen molar-refractivity contribution in [2.24, 2.45) is 0 Å². The van der Waals surface area contributed by atoms with Gasteiger partial charge in [0.1, 0.15) is 16.5 Å². The van der Waals surface area contributed by atoms with Crippen LogP contribution in [0, 0.1) is 6.92 Å². The van der Waals surface area contributed by atoms with Crippen molar-refractivity contribution in [1.29, 1.82) is 0 Å². The Balaban J connectivity index is 1.76. The van der Waals surface area contributed by atoms with Gasteiger partial charge in [-0.25, -0.2) is 9.59 Å². The Morgan fingerprint density at radius 2 is 1.97 bits per heavy atom. The average molecular weight is 467 g/mol. The van der Waals surface area contributed by atoms with Crippen LogP contribution in [-0.2, 0) is 23.7 Å². The summed E-state index contributed by atoms with van der Waals surface area (Å²) >= 11 is 1.01. The Labute approximate surface area is 191 Å². The monoisotopic (exact) mass is 466 g/mol. The van der Waals surface area contributed by atoms with Crippen LogP contribution in [0.4, 0.5) is 5.00 Å². The summed E-state index contributed by atoms with van der Waals surface area (Å²) in [6, 6.07) is 0.0102. The number of carbonyl (C=O) groups is 3. The standard InChI is InChI=1S/C22H30N2O7S/c1-4-10-29-21(27)18-14(3)17(20(26)28-5-2)19(32-18)23-16(25)13-24-9-7-6-8-15(24)22-30-11-12-31-22/h4,15,22H,1,5-13H2,2-3H3,(H,23,25). The first-order valence-electron chi connectivity index (χ1n) is 10.8. The lowest BCUT2D eigenvalue weighted by molar-refractivity contribution is -0.127. The van der Waals surface area contributed by atoms with E-state index in [1.54, 1.807) is 13.8 Å². The predicted molar refractivity (Wildman–Crippen MR) is 119 cm³/mol. The lowest BCUT2D eigenvalue weighted by atomic mass is 10.0. The molecule has 0 spiro atoms. The predicted octanol–water partition coefficient (Wildman–Crippen LogP) is 2.74. The van der Waals surface area contributed by atoms with E-state index in [0.29, 0.717) is 18.8 Å². The first-order chi connectivity index (χ1) is 15.5. The fourth-order valence-corrected chi connectivity index (χ4v) is 5.02. The molecule has 2 saturated heterocycles. The van der Waals surface area contributed by atoms with Gasteiger partial charge in [-0.1, -0.05) is 19.1 Å². The van der Waals surface area contributed by atoms with Crippen LogP contribution in [0.1, 0.15) is 51.8 Å². The van der Waals surface area contributed by atoms with Gasteiger partial charge in [-0.15, -0.1) is 11.3 Å². The molecule has 1 aromatic heterocycles. The Morgan fingerprint density at radius 3 is 2.66 bits per heavy atom. The first kappa shape index (κ1) is 24.4. The number of carbonyl (C=O) groups excluding carboxylic acids is 3. The maximum absolute atomic E-state index is 12.9. The molecule has 0 bridgehead atoms. The minimum atomic E-state index is -0.595. The molecule has 0 radical (unpaired) electrons. The van der Waals surface area contributed by atoms with Gasteiger partial charge in [-0.2, -0.15) is 0 Å². The largest absolute Gasteiger partial charge is 0.462 e. The maximum Gasteiger partial charge on any atom is 0.348 e. The van der Waals surface area contributed by atoms with Crippen molar-refractivity contribution in [3.8, 4) is 0 Å². The molecule has 2 aliphatic heterocycles. The van der Waals surface area contributed by atoms with Gasteiger partial charge in [0.05, 0.1) is 38.0 Å². The molecule has 1 N–H and O–H groups in total. The SMILES string of the molecule is C=CCOC(=O)c1sc(NC(=O)CN2CCCCC2C2OCCO2)c(C(=O)OCC)c1C. The van der Waals surface area contributed by atoms with Crippen molar-refractivity contribution in [1.82, 2.24) is 4.90 Å². The van der Waals surface area contributed by atoms with Crippen LogP contribution in [0.25, 0.3) is 0 Å². The Hall–Kier alpha value is -2.27. The van der Waals surface area contributed by atoms with Crippen LogP contribution < -0.4 is 5.32 Å². The van der Waals surface area contributed by atoms with Crippen molar-refractivity contribution >= 4 is 34.2 Å². The van der Waals surface area contributed by atoms with Crippen LogP contribution in [0.15, 0.2) is 12.7 Å². The number of piperidine rings is 1. The number of rotatable bonds is 9. The third-order valence-electron chi connectivity index (χ3n) is 5.37. The summed E-state index contributed by atoms with van der Waals surface area (Å²) in [7, 11) is 0. The summed E-state index contributed by atoms with van der Waals surface area (Å²) in [6.45, 7) is 9.09. The minimum Gasteiger partial charge on any atom is -0.462 e. The highest BCUT2D eigenvalue weighted by Gasteiger charge is 2.35. The Morgan fingerprint density at radius 1 is 1.22 bits per heavy atom. The number of nitrogens with one attached hydrogen (secondary N) is 1. The van der Waals surface area contributed by atoms with E-state index in [1.807, 2.05) is 0 Å². The highest BCUT2D eigenvalue weighted by Crippen LogP contribution is 2.34. The zero-order valence-electron chi connectivity index (χ0n) is 18.5. The van der Waals surface area contributed by atoms with E-state index in [0.717, 1.165) is 37.1 Å². The number of nitrogens with zero attached hydrogens (tertiary/aromatic N) is 1. The van der Waals surface area contributed by atoms with Crippen LogP contribution in [0.5, 0.6) is 0 Å². The molecule has 1 unspecified atom stereocenters. The van der Waals surface area contributed by atoms with E-state index in [1.165, 1.54) is 6.08 Å². The summed E-state index contributed by atoms with van der Waals surface area (Å²) < 4.78 is 21.6. The van der Waals surface area contributed by atoms with E-state index < -0.39 is 11.9 Å². The number of esters is 2. The van der Waals surface area contributed by atoms with E-state index >= 15 is 0 Å². The molecular weight excluding hydrogens is 436 g/mol. The molecule has 3 rings (SSSR count). The lowest BCUT2D eigenvalue weighted by Gasteiger charge is -2.37. The van der Waals surface area contributed by atoms with Gasteiger partial charge in [0.25, 0.3) is 0 Å². The van der Waals surface area contributed by atoms with Crippen molar-refractivity contribution in [2.45, 2.75) is 45.4 Å². The van der Waals surface area contributed by atoms with Gasteiger partial charge in [0.15, 0.2) is 6.29 Å². The smallest absolute Gasteiger partial charge is 0.348 e. The summed E-state index contributed by atoms with van der Waals surface area (Å²) in [5.74, 6) is -1.46. The third-order valence-corrected chi connectivity index (χ3v) is 6.56. The summed E-state index contributed by atoms with van der Waals surface area (Å²) in [5, 5.41) is 3.08. The van der Waals surface area contributed by atoms with E-state index in [-0.39, 0.29) is 53.4 Å². The van der Waals surface area contributed by atoms with Gasteiger partial charge in [-0.05, 0) is 38.8 Å². The summed E-state index contributed by atoms with van der Waals surface area (Å²) in [5.41, 5.74) is 0.592. The van der Waals surface area contributed by atoms with Crippen LogP contribution in [-0.4, -0.2) is 74.6 Å². The minimum absolute atomic E-state index is 0.0102. The molecule has 1 atom stereocenters. The van der Waals surface area contributed by atoms with E-state index in [9.17, 15) is 14.4 Å². The second kappa shape index (κ2) is 11.6. The number of hydrogen-bond donors (Lipinski definition) is 1. The molecular formula is C22H30N2O7S. The van der Waals surface area contributed by atoms with Gasteiger partial charge >= 0.3 is 11.9 Å². The van der Waals surface area contributed by atoms with Gasteiger partial charge in [0, 0.05) is 0 Å². The molecule has 9 nitrogen and oxygen atoms in total. The number of thiophene rings is 1. The van der Waals surface area contributed by atoms with Crippen LogP contribution >= 0.6 is 11.3 Å². The molecule has 0 saturated carbocycles. The third kappa shape index (κ3) is 5.74. The maximum atomic E-state index is 12.9. The molecule has 10 heteroatoms. The number of anilines is 1. The molecule has 2 fully saturated rings. The molecule has 3 heterocycles. The van der Waals surface area contributed by atoms with E-state index in [4.69, 9.17) is 18.9 Å². The fourth-order valence-electron chi connectivity index (χ4n) is 3.92. The Kier molecular flexibility index (Phi) is 8.80. The number of likely N-dealkylation sites (tertiary alicyclic amines) is 1. The van der Waals surface area contributed by atoms with Crippen LogP contribution in [0.2, 0.25) is 0 Å². The number of hydrogen-bond acceptors (Lipinski definition) is 9. The molecule has 176 valence electrons. The topological polar surface area (TPSA) is 103 Å². The highest BCUT2D eigenvalue weighted by atomic mass is 32.1. The van der Waals surface area contributed by atoms with Crippen molar-refractivity contribution in [2.75, 3.05) is 44.8 Å². The fraction of sp³-hybridized carbons (Fsp3) is 0.591. The average Bonchev–Trinajstić information content (AvgIpc) is 3.41.